The van der Waals surface area contributed by atoms with Gasteiger partial charge in [-0.3, -0.25) is 9.36 Å². The van der Waals surface area contributed by atoms with E-state index in [-0.39, 0.29) is 23.9 Å². The number of anilines is 1. The highest BCUT2D eigenvalue weighted by Gasteiger charge is 2.48. The first kappa shape index (κ1) is 24.3. The molecule has 5 N–H and O–H groups in total. The van der Waals surface area contributed by atoms with Crippen molar-refractivity contribution in [1.82, 2.24) is 29.7 Å². The van der Waals surface area contributed by atoms with Crippen molar-refractivity contribution >= 4 is 29.0 Å². The molecule has 2 aliphatic carbocycles. The van der Waals surface area contributed by atoms with Crippen LogP contribution in [-0.4, -0.2) is 90.7 Å². The number of rotatable bonds is 7. The fourth-order valence-corrected chi connectivity index (χ4v) is 5.02. The van der Waals surface area contributed by atoms with Gasteiger partial charge in [0.1, 0.15) is 23.5 Å². The van der Waals surface area contributed by atoms with Crippen LogP contribution < -0.4 is 11.1 Å². The number of nitrogens with two attached hydrogens (primary N) is 1. The first-order valence-corrected chi connectivity index (χ1v) is 13.1. The maximum absolute atomic E-state index is 12.5. The lowest BCUT2D eigenvalue weighted by Crippen LogP contribution is -2.43. The van der Waals surface area contributed by atoms with E-state index in [9.17, 15) is 19.8 Å². The van der Waals surface area contributed by atoms with Crippen LogP contribution in [0.4, 0.5) is 10.6 Å². The van der Waals surface area contributed by atoms with Crippen molar-refractivity contribution in [3.8, 4) is 0 Å². The summed E-state index contributed by atoms with van der Waals surface area (Å²) in [4.78, 5) is 39.9. The Labute approximate surface area is 213 Å². The van der Waals surface area contributed by atoms with Gasteiger partial charge in [-0.15, -0.1) is 0 Å². The van der Waals surface area contributed by atoms with Crippen LogP contribution in [0.5, 0.6) is 0 Å². The summed E-state index contributed by atoms with van der Waals surface area (Å²) in [5.74, 6) is 1.09. The van der Waals surface area contributed by atoms with Crippen molar-refractivity contribution in [1.29, 1.82) is 0 Å². The third-order valence-electron chi connectivity index (χ3n) is 7.67. The molecule has 2 saturated heterocycles. The molecule has 4 atom stereocenters. The van der Waals surface area contributed by atoms with Gasteiger partial charge in [0.25, 0.3) is 5.91 Å². The van der Waals surface area contributed by atoms with Crippen LogP contribution in [0.1, 0.15) is 50.6 Å². The number of carbonyl (C=O) groups is 2. The van der Waals surface area contributed by atoms with Gasteiger partial charge in [-0.2, -0.15) is 0 Å². The molecule has 4 aliphatic rings. The van der Waals surface area contributed by atoms with Gasteiger partial charge >= 0.3 is 6.09 Å². The second-order valence-electron chi connectivity index (χ2n) is 10.7. The number of aliphatic hydroxyl groups excluding tert-OH is 2. The lowest BCUT2D eigenvalue weighted by atomic mass is 9.93. The van der Waals surface area contributed by atoms with Crippen LogP contribution in [-0.2, 0) is 20.7 Å². The zero-order chi connectivity index (χ0) is 25.7. The number of aromatic nitrogens is 4. The molecule has 0 aromatic carbocycles. The second kappa shape index (κ2) is 9.69. The zero-order valence-electron chi connectivity index (χ0n) is 20.5. The fourth-order valence-electron chi connectivity index (χ4n) is 5.02. The van der Waals surface area contributed by atoms with Crippen LogP contribution in [0.2, 0.25) is 0 Å². The number of hydrogen-bond acceptors (Lipinski definition) is 10. The molecular formula is C24H33N7O6. The molecule has 0 bridgehead atoms. The summed E-state index contributed by atoms with van der Waals surface area (Å²) in [5.41, 5.74) is 6.90. The van der Waals surface area contributed by atoms with Gasteiger partial charge in [0.2, 0.25) is 0 Å². The second-order valence-corrected chi connectivity index (χ2v) is 10.7. The molecule has 6 rings (SSSR count). The maximum Gasteiger partial charge on any atom is 0.409 e. The summed E-state index contributed by atoms with van der Waals surface area (Å²) in [7, 11) is 0. The summed E-state index contributed by atoms with van der Waals surface area (Å²) < 4.78 is 12.7. The van der Waals surface area contributed by atoms with Gasteiger partial charge in [-0.25, -0.2) is 19.7 Å². The van der Waals surface area contributed by atoms with E-state index in [0.717, 1.165) is 38.5 Å². The molecule has 2 unspecified atom stereocenters. The number of nitrogens with one attached hydrogen (secondary N) is 1. The molecule has 2 aliphatic heterocycles. The molecule has 0 spiro atoms. The summed E-state index contributed by atoms with van der Waals surface area (Å²) in [6.07, 6.45) is 2.45. The predicted octanol–water partition coefficient (Wildman–Crippen LogP) is 0.107. The van der Waals surface area contributed by atoms with Crippen molar-refractivity contribution in [2.45, 2.75) is 75.5 Å². The number of nitrogen functional groups attached to an aromatic ring is 1. The minimum absolute atomic E-state index is 0.101. The summed E-state index contributed by atoms with van der Waals surface area (Å²) >= 11 is 0. The Morgan fingerprint density at radius 1 is 1.08 bits per heavy atom. The molecule has 200 valence electrons. The summed E-state index contributed by atoms with van der Waals surface area (Å²) in [6.45, 7) is 1.75. The minimum Gasteiger partial charge on any atom is -0.449 e. The molecule has 2 aromatic heterocycles. The number of fused-ring (bicyclic) bond motifs is 1. The summed E-state index contributed by atoms with van der Waals surface area (Å²) in [6, 6.07) is 0.101. The first-order chi connectivity index (χ1) is 17.9. The van der Waals surface area contributed by atoms with E-state index in [1.165, 1.54) is 10.9 Å². The van der Waals surface area contributed by atoms with E-state index >= 15 is 0 Å². The average molecular weight is 516 g/mol. The lowest BCUT2D eigenvalue weighted by molar-refractivity contribution is -0.137. The Balaban J connectivity index is 1.13. The highest BCUT2D eigenvalue weighted by molar-refractivity contribution is 5.83. The minimum atomic E-state index is -1.39. The molecule has 37 heavy (non-hydrogen) atoms. The number of hydrogen-bond donors (Lipinski definition) is 4. The van der Waals surface area contributed by atoms with E-state index in [2.05, 4.69) is 20.3 Å². The van der Waals surface area contributed by atoms with Crippen LogP contribution >= 0.6 is 0 Å². The third kappa shape index (κ3) is 5.07. The average Bonchev–Trinajstić information content (AvgIpc) is 3.81. The highest BCUT2D eigenvalue weighted by atomic mass is 16.6. The number of ether oxygens (including phenoxy) is 2. The zero-order valence-corrected chi connectivity index (χ0v) is 20.5. The van der Waals surface area contributed by atoms with Crippen LogP contribution in [0.3, 0.4) is 0 Å². The smallest absolute Gasteiger partial charge is 0.409 e. The standard InChI is InChI=1S/C24H33N7O6/c25-20-16-21(31(11-26-16)23-18(33)17(32)19(37-23)22(34)27-14-3-4-14)29-15(28-20)9-12-5-7-30(8-6-12)24(35)36-10-13-1-2-13/h11-14,17-19,23,32-33H,1-10H2,(H,27,34)(H2,25,28,29)/t17?,18?,19-,23+/m0/s1. The van der Waals surface area contributed by atoms with Crippen molar-refractivity contribution in [2.24, 2.45) is 11.8 Å². The van der Waals surface area contributed by atoms with Gasteiger partial charge in [-0.1, -0.05) is 0 Å². The van der Waals surface area contributed by atoms with Crippen molar-refractivity contribution in [2.75, 3.05) is 25.4 Å². The number of imidazole rings is 1. The molecule has 2 amide bonds. The topological polar surface area (TPSA) is 178 Å². The van der Waals surface area contributed by atoms with E-state index in [0.29, 0.717) is 49.0 Å². The van der Waals surface area contributed by atoms with Gasteiger partial charge in [0.05, 0.1) is 12.9 Å². The van der Waals surface area contributed by atoms with E-state index < -0.39 is 30.4 Å². The Morgan fingerprint density at radius 2 is 1.84 bits per heavy atom. The Bertz CT molecular complexity index is 1170. The van der Waals surface area contributed by atoms with Crippen LogP contribution in [0.15, 0.2) is 6.33 Å². The van der Waals surface area contributed by atoms with E-state index in [1.807, 2.05) is 0 Å². The summed E-state index contributed by atoms with van der Waals surface area (Å²) in [5, 5.41) is 24.0. The number of nitrogens with zero attached hydrogens (tertiary/aromatic N) is 5. The SMILES string of the molecule is Nc1nc(CC2CCN(C(=O)OCC3CC3)CC2)nc2c1ncn2[C@@H]1O[C@H](C(=O)NC2CC2)C(O)C1O. The largest absolute Gasteiger partial charge is 0.449 e. The Hall–Kier alpha value is -3.03. The van der Waals surface area contributed by atoms with Gasteiger partial charge in [-0.05, 0) is 50.4 Å². The number of piperidine rings is 1. The number of carbonyl (C=O) groups excluding carboxylic acids is 2. The number of aliphatic hydroxyl groups is 2. The van der Waals surface area contributed by atoms with E-state index in [1.54, 1.807) is 4.90 Å². The molecule has 4 fully saturated rings. The molecule has 13 nitrogen and oxygen atoms in total. The Kier molecular flexibility index (Phi) is 6.37. The number of amides is 2. The first-order valence-electron chi connectivity index (χ1n) is 13.1. The lowest BCUT2D eigenvalue weighted by Gasteiger charge is -2.31. The molecule has 2 aromatic rings. The normalized spacial score (nSPS) is 28.5. The molecule has 13 heteroatoms. The van der Waals surface area contributed by atoms with Crippen molar-refractivity contribution in [3.63, 3.8) is 0 Å². The molecule has 4 heterocycles. The quantitative estimate of drug-likeness (QED) is 0.395. The van der Waals surface area contributed by atoms with Crippen molar-refractivity contribution < 1.29 is 29.3 Å². The van der Waals surface area contributed by atoms with Crippen molar-refractivity contribution in [3.05, 3.63) is 12.2 Å². The van der Waals surface area contributed by atoms with Crippen LogP contribution in [0.25, 0.3) is 11.2 Å². The molecule has 0 radical (unpaired) electrons. The fraction of sp³-hybridized carbons (Fsp3) is 0.708. The monoisotopic (exact) mass is 515 g/mol. The van der Waals surface area contributed by atoms with Gasteiger partial charge in [0.15, 0.2) is 23.8 Å². The predicted molar refractivity (Wildman–Crippen MR) is 129 cm³/mol. The van der Waals surface area contributed by atoms with E-state index in [4.69, 9.17) is 15.2 Å². The Morgan fingerprint density at radius 3 is 2.54 bits per heavy atom. The van der Waals surface area contributed by atoms with Gasteiger partial charge in [0, 0.05) is 25.6 Å². The molecular weight excluding hydrogens is 482 g/mol. The molecule has 2 saturated carbocycles. The number of likely N-dealkylation sites (tertiary alicyclic amines) is 1. The third-order valence-corrected chi connectivity index (χ3v) is 7.67. The highest BCUT2D eigenvalue weighted by Crippen LogP contribution is 2.33. The maximum atomic E-state index is 12.5. The van der Waals surface area contributed by atoms with Gasteiger partial charge < -0.3 is 35.6 Å². The van der Waals surface area contributed by atoms with Crippen LogP contribution in [0, 0.1) is 11.8 Å².